The summed E-state index contributed by atoms with van der Waals surface area (Å²) in [6.07, 6.45) is 0. The van der Waals surface area contributed by atoms with Crippen LogP contribution in [0.3, 0.4) is 0 Å². The van der Waals surface area contributed by atoms with Gasteiger partial charge in [0.2, 0.25) is 0 Å². The monoisotopic (exact) mass is 1200 g/mol. The van der Waals surface area contributed by atoms with Gasteiger partial charge in [0.15, 0.2) is 0 Å². The van der Waals surface area contributed by atoms with Crippen LogP contribution in [0.25, 0.3) is 77.9 Å². The van der Waals surface area contributed by atoms with E-state index in [9.17, 15) is 0 Å². The summed E-state index contributed by atoms with van der Waals surface area (Å²) in [6, 6.07) is 140. The molecule has 0 unspecified atom stereocenters. The molecule has 0 fully saturated rings. The minimum absolute atomic E-state index is 0.754. The maximum absolute atomic E-state index is 2.51. The molecule has 17 rings (SSSR count). The summed E-state index contributed by atoms with van der Waals surface area (Å²) in [4.78, 5) is 7.29. The quantitative estimate of drug-likeness (QED) is 0.107. The lowest BCUT2D eigenvalue weighted by molar-refractivity contribution is 0.793. The van der Waals surface area contributed by atoms with E-state index in [0.717, 1.165) is 51.2 Å². The Morgan fingerprint density at radius 2 is 0.362 bits per heavy atom. The molecule has 0 atom stereocenters. The molecule has 0 N–H and O–H groups in total. The summed E-state index contributed by atoms with van der Waals surface area (Å²) < 4.78 is 0. The van der Waals surface area contributed by atoms with Crippen molar-refractivity contribution in [3.05, 3.63) is 404 Å². The second-order valence-corrected chi connectivity index (χ2v) is 24.4. The van der Waals surface area contributed by atoms with E-state index in [-0.39, 0.29) is 0 Å². The second-order valence-electron chi connectivity index (χ2n) is 24.4. The van der Waals surface area contributed by atoms with Crippen molar-refractivity contribution >= 4 is 51.2 Å². The molecule has 15 aromatic carbocycles. The maximum Gasteiger partial charge on any atom is 0.0727 e. The van der Waals surface area contributed by atoms with Gasteiger partial charge in [-0.3, -0.25) is 0 Å². The molecule has 442 valence electrons. The van der Waals surface area contributed by atoms with Crippen molar-refractivity contribution < 1.29 is 0 Å². The normalized spacial score (nSPS) is 12.1. The summed E-state index contributed by atoms with van der Waals surface area (Å²) in [7, 11) is 0. The Kier molecular flexibility index (Phi) is 14.1. The van der Waals surface area contributed by atoms with E-state index in [0.29, 0.717) is 0 Å². The number of nitrogens with zero attached hydrogens (tertiary/aromatic N) is 3. The number of hydrogen-bond donors (Lipinski definition) is 0. The molecule has 0 amide bonds. The molecule has 0 aliphatic heterocycles. The average Bonchev–Trinajstić information content (AvgIpc) is 1.51. The smallest absolute Gasteiger partial charge is 0.0727 e. The van der Waals surface area contributed by atoms with Gasteiger partial charge >= 0.3 is 0 Å². The van der Waals surface area contributed by atoms with Gasteiger partial charge < -0.3 is 14.7 Å². The predicted molar refractivity (Wildman–Crippen MR) is 394 cm³/mol. The van der Waals surface area contributed by atoms with Crippen molar-refractivity contribution in [2.24, 2.45) is 0 Å². The standard InChI is InChI=1S/C91H63N3/c1-7-21-64(22-8-1)69-35-45-75(46-36-69)92(74-31-17-6-18-32-74)80-57-60-88-86(61-80)83-33-19-20-34-87(83)91(88)89-62-81(93(76-47-37-70(38-48-76)65-23-9-2-10-24-65)77-49-39-71(40-50-77)66-25-11-3-12-26-66)55-58-84(89)85-59-56-82(63-90(85)91)94(78-51-41-72(42-52-78)67-27-13-4-14-28-67)79-53-43-73(44-54-79)68-29-15-5-16-30-68/h1-63H. The molecule has 2 aliphatic carbocycles. The summed E-state index contributed by atoms with van der Waals surface area (Å²) in [5.74, 6) is 0. The number of rotatable bonds is 14. The molecule has 0 heterocycles. The van der Waals surface area contributed by atoms with Crippen LogP contribution in [-0.2, 0) is 5.41 Å². The van der Waals surface area contributed by atoms with Crippen LogP contribution in [0.5, 0.6) is 0 Å². The molecule has 0 saturated carbocycles. The summed E-state index contributed by atoms with van der Waals surface area (Å²) in [5.41, 5.74) is 30.6. The van der Waals surface area contributed by atoms with Gasteiger partial charge in [0.05, 0.1) is 5.41 Å². The molecule has 2 aliphatic rings. The molecule has 3 heteroatoms. The van der Waals surface area contributed by atoms with Crippen LogP contribution in [0.2, 0.25) is 0 Å². The first kappa shape index (κ1) is 55.7. The predicted octanol–water partition coefficient (Wildman–Crippen LogP) is 24.8. The second kappa shape index (κ2) is 23.8. The van der Waals surface area contributed by atoms with Crippen molar-refractivity contribution in [1.82, 2.24) is 0 Å². The van der Waals surface area contributed by atoms with Crippen LogP contribution in [0.15, 0.2) is 382 Å². The van der Waals surface area contributed by atoms with Crippen LogP contribution in [0.1, 0.15) is 22.3 Å². The molecule has 0 bridgehead atoms. The number of hydrogen-bond acceptors (Lipinski definition) is 3. The molecule has 15 aromatic rings. The third kappa shape index (κ3) is 9.86. The minimum atomic E-state index is -0.754. The zero-order valence-corrected chi connectivity index (χ0v) is 51.7. The highest BCUT2D eigenvalue weighted by Crippen LogP contribution is 2.65. The van der Waals surface area contributed by atoms with Crippen molar-refractivity contribution in [3.63, 3.8) is 0 Å². The highest BCUT2D eigenvalue weighted by Gasteiger charge is 2.52. The molecule has 94 heavy (non-hydrogen) atoms. The molecule has 0 radical (unpaired) electrons. The van der Waals surface area contributed by atoms with Crippen molar-refractivity contribution in [2.45, 2.75) is 5.41 Å². The van der Waals surface area contributed by atoms with E-state index in [1.165, 1.54) is 100 Å². The first-order chi connectivity index (χ1) is 46.6. The van der Waals surface area contributed by atoms with E-state index in [1.54, 1.807) is 0 Å². The highest BCUT2D eigenvalue weighted by molar-refractivity contribution is 5.99. The Hall–Kier alpha value is -12.3. The number of anilines is 9. The van der Waals surface area contributed by atoms with Crippen LogP contribution in [0.4, 0.5) is 51.2 Å². The first-order valence-electron chi connectivity index (χ1n) is 32.4. The van der Waals surface area contributed by atoms with Crippen LogP contribution >= 0.6 is 0 Å². The molecule has 3 nitrogen and oxygen atoms in total. The summed E-state index contributed by atoms with van der Waals surface area (Å²) in [6.45, 7) is 0. The van der Waals surface area contributed by atoms with Gasteiger partial charge in [-0.05, 0) is 209 Å². The third-order valence-electron chi connectivity index (χ3n) is 19.1. The Bertz CT molecular complexity index is 4790. The zero-order valence-electron chi connectivity index (χ0n) is 51.7. The van der Waals surface area contributed by atoms with Gasteiger partial charge in [-0.1, -0.05) is 273 Å². The molecular formula is C91H63N3. The Balaban J connectivity index is 0.878. The van der Waals surface area contributed by atoms with E-state index in [4.69, 9.17) is 0 Å². The lowest BCUT2D eigenvalue weighted by atomic mass is 9.70. The first-order valence-corrected chi connectivity index (χ1v) is 32.4. The van der Waals surface area contributed by atoms with Gasteiger partial charge in [0, 0.05) is 51.2 Å². The van der Waals surface area contributed by atoms with Crippen LogP contribution < -0.4 is 14.7 Å². The van der Waals surface area contributed by atoms with Gasteiger partial charge in [-0.2, -0.15) is 0 Å². The maximum atomic E-state index is 2.51. The molecule has 0 saturated heterocycles. The fraction of sp³-hybridized carbons (Fsp3) is 0.0110. The fourth-order valence-corrected chi connectivity index (χ4v) is 14.7. The van der Waals surface area contributed by atoms with Gasteiger partial charge in [0.25, 0.3) is 0 Å². The number of fused-ring (bicyclic) bond motifs is 10. The molecule has 0 aromatic heterocycles. The van der Waals surface area contributed by atoms with Crippen molar-refractivity contribution in [1.29, 1.82) is 0 Å². The fourth-order valence-electron chi connectivity index (χ4n) is 14.7. The van der Waals surface area contributed by atoms with Gasteiger partial charge in [-0.25, -0.2) is 0 Å². The lowest BCUT2D eigenvalue weighted by Crippen LogP contribution is -2.26. The number of para-hydroxylation sites is 1. The summed E-state index contributed by atoms with van der Waals surface area (Å²) in [5, 5.41) is 0. The van der Waals surface area contributed by atoms with Crippen LogP contribution in [-0.4, -0.2) is 0 Å². The summed E-state index contributed by atoms with van der Waals surface area (Å²) >= 11 is 0. The van der Waals surface area contributed by atoms with E-state index in [2.05, 4.69) is 397 Å². The largest absolute Gasteiger partial charge is 0.310 e. The zero-order chi connectivity index (χ0) is 62.4. The van der Waals surface area contributed by atoms with Crippen molar-refractivity contribution in [2.75, 3.05) is 14.7 Å². The van der Waals surface area contributed by atoms with Crippen molar-refractivity contribution in [3.8, 4) is 77.9 Å². The minimum Gasteiger partial charge on any atom is -0.310 e. The SMILES string of the molecule is c1ccc(-c2ccc(N(c3ccccc3)c3ccc4c(c3)-c3ccccc3C43c4cc(N(c5ccc(-c6ccccc6)cc5)c5ccc(-c6ccccc6)cc5)ccc4-c4ccc(N(c5ccc(-c6ccccc6)cc5)c5ccc(-c6ccccc6)cc5)cc43)cc2)cc1. The van der Waals surface area contributed by atoms with Crippen LogP contribution in [0, 0.1) is 0 Å². The molecular weight excluding hydrogens is 1140 g/mol. The van der Waals surface area contributed by atoms with Gasteiger partial charge in [0.1, 0.15) is 0 Å². The topological polar surface area (TPSA) is 9.72 Å². The Morgan fingerprint density at radius 1 is 0.138 bits per heavy atom. The van der Waals surface area contributed by atoms with E-state index >= 15 is 0 Å². The van der Waals surface area contributed by atoms with E-state index < -0.39 is 5.41 Å². The number of benzene rings is 15. The molecule has 1 spiro atoms. The van der Waals surface area contributed by atoms with E-state index in [1.807, 2.05) is 0 Å². The lowest BCUT2D eigenvalue weighted by Gasteiger charge is -2.33. The van der Waals surface area contributed by atoms with Gasteiger partial charge in [-0.15, -0.1) is 0 Å². The average molecular weight is 1200 g/mol. The Morgan fingerprint density at radius 3 is 0.691 bits per heavy atom. The third-order valence-corrected chi connectivity index (χ3v) is 19.1. The highest BCUT2D eigenvalue weighted by atomic mass is 15.2. The Labute approximate surface area is 550 Å².